The van der Waals surface area contributed by atoms with Gasteiger partial charge in [0.15, 0.2) is 5.03 Å². The fourth-order valence-electron chi connectivity index (χ4n) is 1.81. The summed E-state index contributed by atoms with van der Waals surface area (Å²) in [6, 6.07) is 6.89. The van der Waals surface area contributed by atoms with Crippen molar-refractivity contribution in [1.82, 2.24) is 14.7 Å². The Kier molecular flexibility index (Phi) is 4.10. The van der Waals surface area contributed by atoms with E-state index in [4.69, 9.17) is 4.74 Å². The van der Waals surface area contributed by atoms with Crippen LogP contribution in [0.2, 0.25) is 0 Å². The lowest BCUT2D eigenvalue weighted by atomic mass is 10.1. The number of nitrogens with zero attached hydrogens (tertiary/aromatic N) is 1. The van der Waals surface area contributed by atoms with Crippen molar-refractivity contribution in [3.63, 3.8) is 0 Å². The van der Waals surface area contributed by atoms with E-state index in [0.29, 0.717) is 11.6 Å². The number of imidazole rings is 1. The molecule has 0 spiro atoms. The standard InChI is InChI=1S/C13H17N3O3S/c1-9(11-5-4-6-12(7-11)19-3)16-20(17,18)13-8-14-10(2)15-13/h4-9,16H,1-3H3,(H,14,15). The van der Waals surface area contributed by atoms with Crippen molar-refractivity contribution in [3.05, 3.63) is 41.9 Å². The first-order valence-corrected chi connectivity index (χ1v) is 7.58. The highest BCUT2D eigenvalue weighted by Gasteiger charge is 2.20. The number of benzene rings is 1. The summed E-state index contributed by atoms with van der Waals surface area (Å²) in [7, 11) is -2.04. The molecule has 1 aromatic carbocycles. The third-order valence-electron chi connectivity index (χ3n) is 2.89. The number of sulfonamides is 1. The van der Waals surface area contributed by atoms with Gasteiger partial charge in [-0.2, -0.15) is 0 Å². The summed E-state index contributed by atoms with van der Waals surface area (Å²) in [5, 5.41) is 0.0600. The van der Waals surface area contributed by atoms with Gasteiger partial charge in [0.1, 0.15) is 11.6 Å². The van der Waals surface area contributed by atoms with Gasteiger partial charge in [-0.1, -0.05) is 12.1 Å². The minimum absolute atomic E-state index is 0.0600. The van der Waals surface area contributed by atoms with Gasteiger partial charge in [-0.15, -0.1) is 0 Å². The molecule has 20 heavy (non-hydrogen) atoms. The molecule has 108 valence electrons. The summed E-state index contributed by atoms with van der Waals surface area (Å²) in [5.74, 6) is 1.24. The average Bonchev–Trinajstić information content (AvgIpc) is 2.86. The largest absolute Gasteiger partial charge is 0.497 e. The van der Waals surface area contributed by atoms with Gasteiger partial charge in [0.25, 0.3) is 10.0 Å². The Morgan fingerprint density at radius 1 is 1.40 bits per heavy atom. The van der Waals surface area contributed by atoms with Crippen molar-refractivity contribution in [1.29, 1.82) is 0 Å². The number of aromatic nitrogens is 2. The number of rotatable bonds is 5. The monoisotopic (exact) mass is 295 g/mol. The van der Waals surface area contributed by atoms with Crippen molar-refractivity contribution in [3.8, 4) is 5.75 Å². The molecule has 0 amide bonds. The molecule has 2 aromatic rings. The van der Waals surface area contributed by atoms with E-state index in [9.17, 15) is 8.42 Å². The number of aryl methyl sites for hydroxylation is 1. The molecule has 0 saturated carbocycles. The lowest BCUT2D eigenvalue weighted by molar-refractivity contribution is 0.413. The van der Waals surface area contributed by atoms with Crippen LogP contribution < -0.4 is 9.46 Å². The summed E-state index contributed by atoms with van der Waals surface area (Å²) in [4.78, 5) is 6.61. The van der Waals surface area contributed by atoms with Crippen LogP contribution >= 0.6 is 0 Å². The summed E-state index contributed by atoms with van der Waals surface area (Å²) >= 11 is 0. The van der Waals surface area contributed by atoms with Crippen LogP contribution in [0.3, 0.4) is 0 Å². The fraction of sp³-hybridized carbons (Fsp3) is 0.308. The Labute approximate surface area is 118 Å². The molecule has 1 heterocycles. The van der Waals surface area contributed by atoms with E-state index < -0.39 is 10.0 Å². The maximum Gasteiger partial charge on any atom is 0.258 e. The number of methoxy groups -OCH3 is 1. The minimum Gasteiger partial charge on any atom is -0.497 e. The number of hydrogen-bond acceptors (Lipinski definition) is 4. The Balaban J connectivity index is 2.20. The van der Waals surface area contributed by atoms with Crippen LogP contribution in [-0.2, 0) is 10.0 Å². The molecule has 0 fully saturated rings. The maximum absolute atomic E-state index is 12.2. The molecule has 0 saturated heterocycles. The first kappa shape index (κ1) is 14.5. The van der Waals surface area contributed by atoms with Crippen LogP contribution in [-0.4, -0.2) is 25.5 Å². The zero-order valence-corrected chi connectivity index (χ0v) is 12.4. The number of nitrogens with one attached hydrogen (secondary N) is 2. The van der Waals surface area contributed by atoms with Gasteiger partial charge in [-0.25, -0.2) is 18.1 Å². The van der Waals surface area contributed by atoms with Crippen LogP contribution in [0.5, 0.6) is 5.75 Å². The minimum atomic E-state index is -3.62. The summed E-state index contributed by atoms with van der Waals surface area (Å²) in [6.07, 6.45) is 1.30. The van der Waals surface area contributed by atoms with Crippen LogP contribution in [0.15, 0.2) is 35.5 Å². The van der Waals surface area contributed by atoms with Crippen LogP contribution in [0.25, 0.3) is 0 Å². The summed E-state index contributed by atoms with van der Waals surface area (Å²) < 4.78 is 32.1. The van der Waals surface area contributed by atoms with E-state index in [1.807, 2.05) is 18.2 Å². The first-order valence-electron chi connectivity index (χ1n) is 6.10. The molecule has 6 nitrogen and oxygen atoms in total. The van der Waals surface area contributed by atoms with E-state index in [-0.39, 0.29) is 11.1 Å². The van der Waals surface area contributed by atoms with Gasteiger partial charge < -0.3 is 9.72 Å². The molecule has 1 unspecified atom stereocenters. The summed E-state index contributed by atoms with van der Waals surface area (Å²) in [5.41, 5.74) is 0.823. The summed E-state index contributed by atoms with van der Waals surface area (Å²) in [6.45, 7) is 3.47. The van der Waals surface area contributed by atoms with Gasteiger partial charge in [0, 0.05) is 6.04 Å². The zero-order valence-electron chi connectivity index (χ0n) is 11.5. The van der Waals surface area contributed by atoms with E-state index in [0.717, 1.165) is 5.56 Å². The Morgan fingerprint density at radius 2 is 2.15 bits per heavy atom. The number of H-pyrrole nitrogens is 1. The normalized spacial score (nSPS) is 13.2. The lowest BCUT2D eigenvalue weighted by Crippen LogP contribution is -2.27. The van der Waals surface area contributed by atoms with E-state index >= 15 is 0 Å². The van der Waals surface area contributed by atoms with Crippen LogP contribution in [0.4, 0.5) is 0 Å². The van der Waals surface area contributed by atoms with Crippen LogP contribution in [0.1, 0.15) is 24.4 Å². The Bertz CT molecular complexity index is 694. The van der Waals surface area contributed by atoms with Crippen molar-refractivity contribution >= 4 is 10.0 Å². The Hall–Kier alpha value is -1.86. The number of hydrogen-bond donors (Lipinski definition) is 2. The molecule has 2 rings (SSSR count). The highest BCUT2D eigenvalue weighted by Crippen LogP contribution is 2.20. The predicted octanol–water partition coefficient (Wildman–Crippen LogP) is 1.77. The highest BCUT2D eigenvalue weighted by molar-refractivity contribution is 7.89. The van der Waals surface area contributed by atoms with Crippen molar-refractivity contribution < 1.29 is 13.2 Å². The Morgan fingerprint density at radius 3 is 2.75 bits per heavy atom. The fourth-order valence-corrected chi connectivity index (χ4v) is 3.01. The van der Waals surface area contributed by atoms with Crippen molar-refractivity contribution in [2.24, 2.45) is 0 Å². The molecule has 0 radical (unpaired) electrons. The second-order valence-corrected chi connectivity index (χ2v) is 6.13. The molecule has 0 aliphatic rings. The third kappa shape index (κ3) is 3.17. The topological polar surface area (TPSA) is 84.1 Å². The molecule has 2 N–H and O–H groups in total. The van der Waals surface area contributed by atoms with Crippen molar-refractivity contribution in [2.75, 3.05) is 7.11 Å². The quantitative estimate of drug-likeness (QED) is 0.880. The third-order valence-corrected chi connectivity index (χ3v) is 4.35. The SMILES string of the molecule is COc1cccc(C(C)NS(=O)(=O)c2cnc(C)[nH]2)c1. The van der Waals surface area contributed by atoms with E-state index in [2.05, 4.69) is 14.7 Å². The van der Waals surface area contributed by atoms with Gasteiger partial charge >= 0.3 is 0 Å². The molecule has 0 bridgehead atoms. The van der Waals surface area contributed by atoms with E-state index in [1.165, 1.54) is 6.20 Å². The molecule has 1 atom stereocenters. The van der Waals surface area contributed by atoms with Gasteiger partial charge in [-0.05, 0) is 31.5 Å². The second kappa shape index (κ2) is 5.64. The highest BCUT2D eigenvalue weighted by atomic mass is 32.2. The average molecular weight is 295 g/mol. The maximum atomic E-state index is 12.2. The van der Waals surface area contributed by atoms with E-state index in [1.54, 1.807) is 27.0 Å². The predicted molar refractivity (Wildman–Crippen MR) is 75.1 cm³/mol. The molecule has 7 heteroatoms. The van der Waals surface area contributed by atoms with Gasteiger partial charge in [-0.3, -0.25) is 0 Å². The van der Waals surface area contributed by atoms with Crippen LogP contribution in [0, 0.1) is 6.92 Å². The van der Waals surface area contributed by atoms with Crippen molar-refractivity contribution in [2.45, 2.75) is 24.9 Å². The molecule has 0 aliphatic heterocycles. The smallest absolute Gasteiger partial charge is 0.258 e. The molecule has 1 aromatic heterocycles. The molecular weight excluding hydrogens is 278 g/mol. The zero-order chi connectivity index (χ0) is 14.8. The molecule has 0 aliphatic carbocycles. The van der Waals surface area contributed by atoms with Gasteiger partial charge in [0.05, 0.1) is 13.3 Å². The van der Waals surface area contributed by atoms with Gasteiger partial charge in [0.2, 0.25) is 0 Å². The number of ether oxygens (including phenoxy) is 1. The molecular formula is C13H17N3O3S. The first-order chi connectivity index (χ1) is 9.42. The number of aromatic amines is 1. The lowest BCUT2D eigenvalue weighted by Gasteiger charge is -2.14. The second-order valence-electron chi connectivity index (χ2n) is 4.45.